The number of rotatable bonds is 4. The number of amides is 1. The van der Waals surface area contributed by atoms with E-state index in [1.54, 1.807) is 0 Å². The van der Waals surface area contributed by atoms with Crippen LogP contribution < -0.4 is 5.32 Å². The minimum Gasteiger partial charge on any atom is -0.478 e. The molecule has 0 heterocycles. The molecule has 0 saturated heterocycles. The van der Waals surface area contributed by atoms with Gasteiger partial charge in [-0.3, -0.25) is 0 Å². The van der Waals surface area contributed by atoms with Crippen molar-refractivity contribution in [1.82, 2.24) is 5.32 Å². The average Bonchev–Trinajstić information content (AvgIpc) is 2.25. The molecule has 0 aliphatic rings. The fraction of sp³-hybridized carbons (Fsp3) is 0.100. The quantitative estimate of drug-likeness (QED) is 0.617. The summed E-state index contributed by atoms with van der Waals surface area (Å²) in [6.45, 7) is -0.376. The van der Waals surface area contributed by atoms with Gasteiger partial charge in [0.1, 0.15) is 0 Å². The summed E-state index contributed by atoms with van der Waals surface area (Å²) in [6, 6.07) is 3.72. The van der Waals surface area contributed by atoms with E-state index in [4.69, 9.17) is 15.3 Å². The molecule has 1 amide bonds. The lowest BCUT2D eigenvalue weighted by Crippen LogP contribution is -2.23. The molecule has 1 rings (SSSR count). The molecule has 0 aliphatic carbocycles. The molecule has 0 unspecified atom stereocenters. The number of aromatic carboxylic acids is 2. The van der Waals surface area contributed by atoms with Crippen molar-refractivity contribution in [1.29, 1.82) is 0 Å². The minimum absolute atomic E-state index is 0.0742. The lowest BCUT2D eigenvalue weighted by molar-refractivity contribution is 0.0694. The van der Waals surface area contributed by atoms with E-state index in [0.29, 0.717) is 0 Å². The van der Waals surface area contributed by atoms with Crippen LogP contribution >= 0.6 is 0 Å². The van der Waals surface area contributed by atoms with Crippen LogP contribution in [0.4, 0.5) is 4.79 Å². The highest BCUT2D eigenvalue weighted by atomic mass is 16.4. The Balaban J connectivity index is 3.23. The Kier molecular flexibility index (Phi) is 3.66. The van der Waals surface area contributed by atoms with Gasteiger partial charge in [-0.15, -0.1) is 0 Å². The first-order chi connectivity index (χ1) is 7.93. The zero-order valence-corrected chi connectivity index (χ0v) is 8.51. The van der Waals surface area contributed by atoms with E-state index in [-0.39, 0.29) is 23.2 Å². The molecule has 4 N–H and O–H groups in total. The number of carboxylic acids is 2. The molecule has 0 bridgehead atoms. The lowest BCUT2D eigenvalue weighted by atomic mass is 10.0. The van der Waals surface area contributed by atoms with Crippen molar-refractivity contribution in [3.8, 4) is 0 Å². The standard InChI is InChI=1S/C10H9NO6/c12-8(13)5-2-1-3-6(9(14)15)7(5)4-11-10(16)17/h1-3,11H,4H2,(H,12,13)(H,14,15)(H,16,17). The van der Waals surface area contributed by atoms with Gasteiger partial charge in [0.25, 0.3) is 0 Å². The number of hydrogen-bond acceptors (Lipinski definition) is 3. The Hall–Kier alpha value is -2.57. The maximum atomic E-state index is 10.9. The molecule has 0 atom stereocenters. The van der Waals surface area contributed by atoms with Gasteiger partial charge in [-0.25, -0.2) is 14.4 Å². The van der Waals surface area contributed by atoms with Crippen LogP contribution in [-0.2, 0) is 6.54 Å². The van der Waals surface area contributed by atoms with E-state index >= 15 is 0 Å². The Morgan fingerprint density at radius 1 is 1.00 bits per heavy atom. The monoisotopic (exact) mass is 239 g/mol. The number of benzene rings is 1. The minimum atomic E-state index is -1.36. The van der Waals surface area contributed by atoms with Crippen LogP contribution in [0.15, 0.2) is 18.2 Å². The third-order valence-electron chi connectivity index (χ3n) is 2.05. The van der Waals surface area contributed by atoms with E-state index in [1.807, 2.05) is 5.32 Å². The molecule has 1 aromatic rings. The smallest absolute Gasteiger partial charge is 0.404 e. The third-order valence-corrected chi connectivity index (χ3v) is 2.05. The van der Waals surface area contributed by atoms with E-state index < -0.39 is 18.0 Å². The SMILES string of the molecule is O=C(O)NCc1c(C(=O)O)cccc1C(=O)O. The number of hydrogen-bond donors (Lipinski definition) is 4. The molecule has 7 nitrogen and oxygen atoms in total. The zero-order chi connectivity index (χ0) is 13.0. The number of carbonyl (C=O) groups is 3. The molecule has 0 aromatic heterocycles. The first kappa shape index (κ1) is 12.5. The molecule has 0 spiro atoms. The summed E-state index contributed by atoms with van der Waals surface area (Å²) in [5, 5.41) is 28.1. The molecule has 0 aliphatic heterocycles. The second kappa shape index (κ2) is 4.97. The van der Waals surface area contributed by atoms with Gasteiger partial charge in [0, 0.05) is 12.1 Å². The van der Waals surface area contributed by atoms with Gasteiger partial charge in [-0.05, 0) is 12.1 Å². The van der Waals surface area contributed by atoms with Crippen molar-refractivity contribution in [2.75, 3.05) is 0 Å². The molecular weight excluding hydrogens is 230 g/mol. The molecular formula is C10H9NO6. The Morgan fingerprint density at radius 2 is 1.47 bits per heavy atom. The Morgan fingerprint density at radius 3 is 1.82 bits per heavy atom. The summed E-state index contributed by atoms with van der Waals surface area (Å²) in [4.78, 5) is 32.1. The van der Waals surface area contributed by atoms with Gasteiger partial charge in [0.2, 0.25) is 0 Å². The third kappa shape index (κ3) is 2.94. The summed E-state index contributed by atoms with van der Waals surface area (Å²) >= 11 is 0. The topological polar surface area (TPSA) is 124 Å². The van der Waals surface area contributed by atoms with Crippen molar-refractivity contribution in [2.45, 2.75) is 6.54 Å². The zero-order valence-electron chi connectivity index (χ0n) is 8.51. The number of nitrogens with one attached hydrogen (secondary N) is 1. The molecule has 1 aromatic carbocycles. The van der Waals surface area contributed by atoms with Gasteiger partial charge in [0.15, 0.2) is 0 Å². The van der Waals surface area contributed by atoms with Crippen LogP contribution in [0.1, 0.15) is 26.3 Å². The predicted octanol–water partition coefficient (Wildman–Crippen LogP) is 0.851. The molecule has 17 heavy (non-hydrogen) atoms. The average molecular weight is 239 g/mol. The fourth-order valence-electron chi connectivity index (χ4n) is 1.34. The second-order valence-electron chi connectivity index (χ2n) is 3.10. The van der Waals surface area contributed by atoms with Crippen LogP contribution in [-0.4, -0.2) is 33.4 Å². The van der Waals surface area contributed by atoms with E-state index in [1.165, 1.54) is 18.2 Å². The molecule has 0 radical (unpaired) electrons. The van der Waals surface area contributed by atoms with Gasteiger partial charge >= 0.3 is 18.0 Å². The molecule has 0 saturated carbocycles. The van der Waals surface area contributed by atoms with E-state index in [0.717, 1.165) is 0 Å². The molecule has 0 fully saturated rings. The van der Waals surface area contributed by atoms with Gasteiger partial charge in [0.05, 0.1) is 11.1 Å². The maximum Gasteiger partial charge on any atom is 0.404 e. The fourth-order valence-corrected chi connectivity index (χ4v) is 1.34. The second-order valence-corrected chi connectivity index (χ2v) is 3.10. The highest BCUT2D eigenvalue weighted by Gasteiger charge is 2.18. The lowest BCUT2D eigenvalue weighted by Gasteiger charge is -2.09. The molecule has 90 valence electrons. The van der Waals surface area contributed by atoms with Crippen LogP contribution in [0.2, 0.25) is 0 Å². The highest BCUT2D eigenvalue weighted by molar-refractivity contribution is 5.96. The van der Waals surface area contributed by atoms with Crippen LogP contribution in [0, 0.1) is 0 Å². The normalized spacial score (nSPS) is 9.65. The van der Waals surface area contributed by atoms with Crippen molar-refractivity contribution in [2.24, 2.45) is 0 Å². The predicted molar refractivity (Wildman–Crippen MR) is 55.2 cm³/mol. The van der Waals surface area contributed by atoms with Crippen LogP contribution in [0.25, 0.3) is 0 Å². The summed E-state index contributed by atoms with van der Waals surface area (Å²) < 4.78 is 0. The molecule has 7 heteroatoms. The largest absolute Gasteiger partial charge is 0.478 e. The van der Waals surface area contributed by atoms with Crippen molar-refractivity contribution >= 4 is 18.0 Å². The van der Waals surface area contributed by atoms with Crippen LogP contribution in [0.5, 0.6) is 0 Å². The summed E-state index contributed by atoms with van der Waals surface area (Å²) in [7, 11) is 0. The Labute approximate surface area is 95.3 Å². The first-order valence-corrected chi connectivity index (χ1v) is 4.48. The maximum absolute atomic E-state index is 10.9. The first-order valence-electron chi connectivity index (χ1n) is 4.48. The van der Waals surface area contributed by atoms with Crippen molar-refractivity contribution in [3.63, 3.8) is 0 Å². The van der Waals surface area contributed by atoms with Gasteiger partial charge in [-0.2, -0.15) is 0 Å². The summed E-state index contributed by atoms with van der Waals surface area (Å²) in [5.41, 5.74) is -0.549. The van der Waals surface area contributed by atoms with Crippen molar-refractivity contribution in [3.05, 3.63) is 34.9 Å². The van der Waals surface area contributed by atoms with Gasteiger partial charge in [-0.1, -0.05) is 6.07 Å². The van der Waals surface area contributed by atoms with Gasteiger partial charge < -0.3 is 20.6 Å². The highest BCUT2D eigenvalue weighted by Crippen LogP contribution is 2.15. The van der Waals surface area contributed by atoms with Crippen molar-refractivity contribution < 1.29 is 29.7 Å². The van der Waals surface area contributed by atoms with E-state index in [9.17, 15) is 14.4 Å². The van der Waals surface area contributed by atoms with E-state index in [2.05, 4.69) is 0 Å². The van der Waals surface area contributed by atoms with Crippen LogP contribution in [0.3, 0.4) is 0 Å². The number of carboxylic acid groups (broad SMARTS) is 3. The summed E-state index contributed by atoms with van der Waals surface area (Å²) in [6.07, 6.45) is -1.36. The summed E-state index contributed by atoms with van der Waals surface area (Å²) in [5.74, 6) is -2.62. The Bertz CT molecular complexity index is 449.